The van der Waals surface area contributed by atoms with Gasteiger partial charge in [-0.25, -0.2) is 8.42 Å². The highest BCUT2D eigenvalue weighted by atomic mass is 32.2. The summed E-state index contributed by atoms with van der Waals surface area (Å²) in [5, 5.41) is 0. The van der Waals surface area contributed by atoms with Crippen LogP contribution in [0.1, 0.15) is 19.3 Å². The lowest BCUT2D eigenvalue weighted by Crippen LogP contribution is -2.36. The Bertz CT molecular complexity index is 817. The smallest absolute Gasteiger partial charge is 0.232 e. The van der Waals surface area contributed by atoms with Gasteiger partial charge in [-0.15, -0.1) is 0 Å². The van der Waals surface area contributed by atoms with Crippen molar-refractivity contribution in [2.75, 3.05) is 42.2 Å². The van der Waals surface area contributed by atoms with Gasteiger partial charge >= 0.3 is 0 Å². The first-order valence-electron chi connectivity index (χ1n) is 9.62. The molecule has 2 aromatic carbocycles. The van der Waals surface area contributed by atoms with E-state index in [0.717, 1.165) is 37.4 Å². The van der Waals surface area contributed by atoms with Crippen LogP contribution < -0.4 is 14.4 Å². The van der Waals surface area contributed by atoms with Crippen LogP contribution in [0.3, 0.4) is 0 Å². The second-order valence-electron chi connectivity index (χ2n) is 6.90. The van der Waals surface area contributed by atoms with Gasteiger partial charge in [0.25, 0.3) is 0 Å². The van der Waals surface area contributed by atoms with Gasteiger partial charge in [0.1, 0.15) is 5.75 Å². The summed E-state index contributed by atoms with van der Waals surface area (Å²) in [5.74, 6) is 0.768. The summed E-state index contributed by atoms with van der Waals surface area (Å²) in [6.07, 6.45) is 2.79. The maximum atomic E-state index is 12.3. The lowest BCUT2D eigenvalue weighted by Gasteiger charge is -2.33. The van der Waals surface area contributed by atoms with Crippen molar-refractivity contribution in [3.05, 3.63) is 54.6 Å². The molecular weight excluding hydrogens is 376 g/mol. The van der Waals surface area contributed by atoms with Gasteiger partial charge in [0.15, 0.2) is 0 Å². The predicted molar refractivity (Wildman–Crippen MR) is 113 cm³/mol. The van der Waals surface area contributed by atoms with Crippen LogP contribution >= 0.6 is 0 Å². The maximum Gasteiger partial charge on any atom is 0.232 e. The van der Waals surface area contributed by atoms with Crippen LogP contribution in [0.2, 0.25) is 0 Å². The summed E-state index contributed by atoms with van der Waals surface area (Å²) in [6.45, 7) is 2.26. The van der Waals surface area contributed by atoms with E-state index in [4.69, 9.17) is 9.47 Å². The van der Waals surface area contributed by atoms with Gasteiger partial charge in [-0.2, -0.15) is 0 Å². The molecule has 0 saturated carbocycles. The van der Waals surface area contributed by atoms with E-state index < -0.39 is 10.0 Å². The number of hydrogen-bond donors (Lipinski definition) is 1. The number of sulfonamides is 1. The number of nitrogens with zero attached hydrogens (tertiary/aromatic N) is 1. The van der Waals surface area contributed by atoms with E-state index in [1.807, 2.05) is 54.6 Å². The molecule has 0 atom stereocenters. The van der Waals surface area contributed by atoms with Crippen molar-refractivity contribution in [2.45, 2.75) is 25.4 Å². The van der Waals surface area contributed by atoms with Gasteiger partial charge in [0.2, 0.25) is 10.0 Å². The fourth-order valence-corrected chi connectivity index (χ4v) is 4.37. The minimum atomic E-state index is -3.40. The molecule has 1 fully saturated rings. The molecule has 7 heteroatoms. The second-order valence-corrected chi connectivity index (χ2v) is 8.75. The Labute approximate surface area is 167 Å². The van der Waals surface area contributed by atoms with Crippen LogP contribution in [0.5, 0.6) is 5.75 Å². The molecule has 28 heavy (non-hydrogen) atoms. The van der Waals surface area contributed by atoms with Gasteiger partial charge in [-0.05, 0) is 55.7 Å². The molecule has 0 radical (unpaired) electrons. The molecule has 3 rings (SSSR count). The number of methoxy groups -OCH3 is 1. The van der Waals surface area contributed by atoms with Crippen LogP contribution in [-0.4, -0.2) is 47.1 Å². The third-order valence-corrected chi connectivity index (χ3v) is 6.22. The molecule has 1 N–H and O–H groups in total. The molecule has 1 aliphatic rings. The van der Waals surface area contributed by atoms with Crippen molar-refractivity contribution in [3.63, 3.8) is 0 Å². The minimum absolute atomic E-state index is 0.0200. The lowest BCUT2D eigenvalue weighted by atomic mass is 10.1. The number of hydrogen-bond acceptors (Lipinski definition) is 5. The van der Waals surface area contributed by atoms with E-state index in [1.165, 1.54) is 0 Å². The van der Waals surface area contributed by atoms with Crippen molar-refractivity contribution < 1.29 is 17.9 Å². The van der Waals surface area contributed by atoms with E-state index in [1.54, 1.807) is 7.11 Å². The first-order valence-corrected chi connectivity index (χ1v) is 11.3. The van der Waals surface area contributed by atoms with Gasteiger partial charge in [0, 0.05) is 31.6 Å². The van der Waals surface area contributed by atoms with Crippen LogP contribution in [-0.2, 0) is 14.8 Å². The third kappa shape index (κ3) is 6.14. The zero-order chi connectivity index (χ0) is 19.8. The molecule has 0 unspecified atom stereocenters. The summed E-state index contributed by atoms with van der Waals surface area (Å²) in [4.78, 5) is 2.30. The van der Waals surface area contributed by atoms with Gasteiger partial charge in [-0.1, -0.05) is 18.2 Å². The number of anilines is 2. The van der Waals surface area contributed by atoms with Crippen molar-refractivity contribution in [3.8, 4) is 5.75 Å². The number of rotatable bonds is 9. The first kappa shape index (κ1) is 20.5. The SMILES string of the molecule is COC1CCN(c2ccc(NS(=O)(=O)CCCOc3ccccc3)cc2)CC1. The van der Waals surface area contributed by atoms with E-state index in [9.17, 15) is 8.42 Å². The largest absolute Gasteiger partial charge is 0.494 e. The van der Waals surface area contributed by atoms with E-state index in [0.29, 0.717) is 24.8 Å². The quantitative estimate of drug-likeness (QED) is 0.648. The molecule has 6 nitrogen and oxygen atoms in total. The average molecular weight is 405 g/mol. The second kappa shape index (κ2) is 9.80. The predicted octanol–water partition coefficient (Wildman–Crippen LogP) is 3.51. The maximum absolute atomic E-state index is 12.3. The zero-order valence-corrected chi connectivity index (χ0v) is 17.0. The minimum Gasteiger partial charge on any atom is -0.494 e. The fraction of sp³-hybridized carbons (Fsp3) is 0.429. The van der Waals surface area contributed by atoms with Gasteiger partial charge < -0.3 is 14.4 Å². The van der Waals surface area contributed by atoms with Crippen LogP contribution in [0, 0.1) is 0 Å². The van der Waals surface area contributed by atoms with Crippen LogP contribution in [0.25, 0.3) is 0 Å². The van der Waals surface area contributed by atoms with Crippen molar-refractivity contribution in [1.82, 2.24) is 0 Å². The summed E-state index contributed by atoms with van der Waals surface area (Å²) in [6, 6.07) is 16.9. The number of piperidine rings is 1. The Morgan fingerprint density at radius 3 is 2.36 bits per heavy atom. The normalized spacial score (nSPS) is 15.4. The lowest BCUT2D eigenvalue weighted by molar-refractivity contribution is 0.0819. The van der Waals surface area contributed by atoms with Crippen LogP contribution in [0.4, 0.5) is 11.4 Å². The molecule has 0 bridgehead atoms. The molecule has 0 amide bonds. The number of benzene rings is 2. The molecular formula is C21H28N2O4S. The van der Waals surface area contributed by atoms with Gasteiger partial charge in [0.05, 0.1) is 18.5 Å². The van der Waals surface area contributed by atoms with Gasteiger partial charge in [-0.3, -0.25) is 4.72 Å². The monoisotopic (exact) mass is 404 g/mol. The highest BCUT2D eigenvalue weighted by Gasteiger charge is 2.19. The Balaban J connectivity index is 1.45. The number of para-hydroxylation sites is 1. The Morgan fingerprint density at radius 2 is 1.71 bits per heavy atom. The Hall–Kier alpha value is -2.25. The standard InChI is InChI=1S/C21H28N2O4S/c1-26-20-12-14-23(15-13-20)19-10-8-18(9-11-19)22-28(24,25)17-5-16-27-21-6-3-2-4-7-21/h2-4,6-11,20,22H,5,12-17H2,1H3. The molecule has 2 aromatic rings. The summed E-state index contributed by atoms with van der Waals surface area (Å²) >= 11 is 0. The Kier molecular flexibility index (Phi) is 7.17. The van der Waals surface area contributed by atoms with Crippen molar-refractivity contribution in [1.29, 1.82) is 0 Å². The zero-order valence-electron chi connectivity index (χ0n) is 16.2. The van der Waals surface area contributed by atoms with Crippen LogP contribution in [0.15, 0.2) is 54.6 Å². The molecule has 1 saturated heterocycles. The molecule has 1 aliphatic heterocycles. The fourth-order valence-electron chi connectivity index (χ4n) is 3.28. The first-order chi connectivity index (χ1) is 13.6. The molecule has 0 aliphatic carbocycles. The summed E-state index contributed by atoms with van der Waals surface area (Å²) in [7, 11) is -1.64. The molecule has 0 aromatic heterocycles. The molecule has 1 heterocycles. The van der Waals surface area contributed by atoms with E-state index in [-0.39, 0.29) is 5.75 Å². The van der Waals surface area contributed by atoms with E-state index >= 15 is 0 Å². The number of nitrogens with one attached hydrogen (secondary N) is 1. The Morgan fingerprint density at radius 1 is 1.04 bits per heavy atom. The van der Waals surface area contributed by atoms with Crippen molar-refractivity contribution in [2.24, 2.45) is 0 Å². The topological polar surface area (TPSA) is 67.9 Å². The highest BCUT2D eigenvalue weighted by Crippen LogP contribution is 2.23. The van der Waals surface area contributed by atoms with E-state index in [2.05, 4.69) is 9.62 Å². The molecule has 152 valence electrons. The summed E-state index contributed by atoms with van der Waals surface area (Å²) < 4.78 is 38.1. The third-order valence-electron chi connectivity index (χ3n) is 4.85. The highest BCUT2D eigenvalue weighted by molar-refractivity contribution is 7.92. The molecule has 0 spiro atoms. The average Bonchev–Trinajstić information content (AvgIpc) is 2.72. The van der Waals surface area contributed by atoms with Crippen molar-refractivity contribution >= 4 is 21.4 Å². The summed E-state index contributed by atoms with van der Waals surface area (Å²) in [5.41, 5.74) is 1.69. The number of ether oxygens (including phenoxy) is 2.